The molecule has 0 amide bonds. The molecule has 56 valence electrons. The first-order valence-corrected chi connectivity index (χ1v) is 2.96. The quantitative estimate of drug-likeness (QED) is 0.470. The highest BCUT2D eigenvalue weighted by Crippen LogP contribution is 2.02. The second-order valence-electron chi connectivity index (χ2n) is 1.34. The molecule has 0 saturated carbocycles. The van der Waals surface area contributed by atoms with E-state index in [0.29, 0.717) is 0 Å². The second kappa shape index (κ2) is 4.96. The van der Waals surface area contributed by atoms with Crippen molar-refractivity contribution in [3.63, 3.8) is 0 Å². The van der Waals surface area contributed by atoms with Gasteiger partial charge in [0.1, 0.15) is 0 Å². The average molecular weight is 157 g/mol. The van der Waals surface area contributed by atoms with Gasteiger partial charge in [0.25, 0.3) is 6.43 Å². The van der Waals surface area contributed by atoms with Crippen LogP contribution < -0.4 is 4.72 Å². The van der Waals surface area contributed by atoms with E-state index in [9.17, 15) is 8.78 Å². The van der Waals surface area contributed by atoms with Gasteiger partial charge >= 0.3 is 0 Å². The number of alkyl halides is 2. The molecule has 2 nitrogen and oxygen atoms in total. The maximum absolute atomic E-state index is 11.7. The number of halogens is 2. The molecule has 0 heterocycles. The van der Waals surface area contributed by atoms with Gasteiger partial charge in [0, 0.05) is 6.61 Å². The zero-order valence-electron chi connectivity index (χ0n) is 4.97. The maximum Gasteiger partial charge on any atom is 0.278 e. The van der Waals surface area contributed by atoms with E-state index in [-0.39, 0.29) is 6.61 Å². The van der Waals surface area contributed by atoms with Gasteiger partial charge in [-0.15, -0.1) is 0 Å². The van der Waals surface area contributed by atoms with Gasteiger partial charge in [-0.25, -0.2) is 13.5 Å². The summed E-state index contributed by atoms with van der Waals surface area (Å²) in [5, 5.41) is 0. The zero-order valence-corrected chi connectivity index (χ0v) is 5.87. The van der Waals surface area contributed by atoms with E-state index >= 15 is 0 Å². The summed E-state index contributed by atoms with van der Waals surface area (Å²) in [6.07, 6.45) is -3.78. The summed E-state index contributed by atoms with van der Waals surface area (Å²) in [6, 6.07) is 0. The largest absolute Gasteiger partial charge is 0.357 e. The Hall–Kier alpha value is 0.130. The van der Waals surface area contributed by atoms with Crippen LogP contribution in [0.1, 0.15) is 6.92 Å². The van der Waals surface area contributed by atoms with Crippen LogP contribution >= 0.6 is 12.8 Å². The first-order valence-electron chi connectivity index (χ1n) is 2.51. The summed E-state index contributed by atoms with van der Waals surface area (Å²) in [5.74, 6) is 0. The topological polar surface area (TPSA) is 21.3 Å². The summed E-state index contributed by atoms with van der Waals surface area (Å²) in [4.78, 5) is 0. The second-order valence-corrected chi connectivity index (χ2v) is 1.60. The molecule has 1 atom stereocenters. The van der Waals surface area contributed by atoms with Crippen LogP contribution in [0.2, 0.25) is 0 Å². The Morgan fingerprint density at radius 3 is 2.33 bits per heavy atom. The molecule has 0 aromatic heterocycles. The predicted molar refractivity (Wildman–Crippen MR) is 33.5 cm³/mol. The molecule has 0 fully saturated rings. The van der Waals surface area contributed by atoms with Crippen LogP contribution in [-0.4, -0.2) is 19.3 Å². The Morgan fingerprint density at radius 1 is 1.67 bits per heavy atom. The van der Waals surface area contributed by atoms with E-state index in [2.05, 4.69) is 17.6 Å². The van der Waals surface area contributed by atoms with Crippen LogP contribution in [0.25, 0.3) is 0 Å². The molecule has 5 heteroatoms. The first-order chi connectivity index (χ1) is 4.22. The van der Waals surface area contributed by atoms with Crippen LogP contribution in [-0.2, 0) is 4.74 Å². The molecular weight excluding hydrogens is 148 g/mol. The molecule has 0 aliphatic rings. The van der Waals surface area contributed by atoms with Crippen LogP contribution in [0.3, 0.4) is 0 Å². The van der Waals surface area contributed by atoms with Gasteiger partial charge in [-0.05, 0) is 6.92 Å². The van der Waals surface area contributed by atoms with Crippen molar-refractivity contribution in [2.75, 3.05) is 6.61 Å². The highest BCUT2D eigenvalue weighted by atomic mass is 32.1. The van der Waals surface area contributed by atoms with E-state index in [1.807, 2.05) is 4.72 Å². The minimum atomic E-state index is -2.53. The van der Waals surface area contributed by atoms with Crippen molar-refractivity contribution in [2.24, 2.45) is 0 Å². The molecule has 0 saturated heterocycles. The molecule has 9 heavy (non-hydrogen) atoms. The third-order valence-corrected chi connectivity index (χ3v) is 0.957. The van der Waals surface area contributed by atoms with Gasteiger partial charge in [0.2, 0.25) is 0 Å². The van der Waals surface area contributed by atoms with Crippen molar-refractivity contribution in [3.05, 3.63) is 0 Å². The highest BCUT2D eigenvalue weighted by molar-refractivity contribution is 7.78. The van der Waals surface area contributed by atoms with Gasteiger partial charge in [-0.1, -0.05) is 12.8 Å². The minimum absolute atomic E-state index is 0.253. The van der Waals surface area contributed by atoms with Crippen LogP contribution in [0.5, 0.6) is 0 Å². The Morgan fingerprint density at radius 2 is 2.22 bits per heavy atom. The molecule has 0 aliphatic heterocycles. The molecule has 0 aromatic rings. The number of rotatable bonds is 4. The monoisotopic (exact) mass is 157 g/mol. The molecule has 1 unspecified atom stereocenters. The first kappa shape index (κ1) is 9.13. The number of nitrogens with one attached hydrogen (secondary N) is 1. The van der Waals surface area contributed by atoms with E-state index in [1.165, 1.54) is 0 Å². The predicted octanol–water partition coefficient (Wildman–Crippen LogP) is 1.05. The lowest BCUT2D eigenvalue weighted by molar-refractivity contribution is -0.0551. The Labute approximate surface area is 58.1 Å². The number of ether oxygens (including phenoxy) is 1. The van der Waals surface area contributed by atoms with Gasteiger partial charge in [0.05, 0.1) is 0 Å². The Kier molecular flexibility index (Phi) is 5.03. The van der Waals surface area contributed by atoms with Crippen molar-refractivity contribution < 1.29 is 13.5 Å². The maximum atomic E-state index is 11.7. The molecular formula is C4H9F2NOS. The minimum Gasteiger partial charge on any atom is -0.357 e. The lowest BCUT2D eigenvalue weighted by Gasteiger charge is -2.12. The summed E-state index contributed by atoms with van der Waals surface area (Å²) < 4.78 is 29.8. The van der Waals surface area contributed by atoms with Gasteiger partial charge in [-0.2, -0.15) is 0 Å². The standard InChI is InChI=1S/C4H9F2NOS/c1-2-8-4(7-9)3(5)6/h3-4,7,9H,2H2,1H3. The number of hydrogen-bond donors (Lipinski definition) is 2. The fourth-order valence-electron chi connectivity index (χ4n) is 0.346. The number of hydrogen-bond acceptors (Lipinski definition) is 3. The van der Waals surface area contributed by atoms with Crippen LogP contribution in [0.4, 0.5) is 8.78 Å². The third kappa shape index (κ3) is 3.66. The van der Waals surface area contributed by atoms with E-state index in [4.69, 9.17) is 0 Å². The summed E-state index contributed by atoms with van der Waals surface area (Å²) in [5.41, 5.74) is 0. The lowest BCUT2D eigenvalue weighted by Crippen LogP contribution is -2.32. The lowest BCUT2D eigenvalue weighted by atomic mass is 10.6. The van der Waals surface area contributed by atoms with Crippen molar-refractivity contribution in [3.8, 4) is 0 Å². The fourth-order valence-corrected chi connectivity index (χ4v) is 0.533. The molecule has 0 aromatic carbocycles. The zero-order chi connectivity index (χ0) is 7.28. The normalized spacial score (nSPS) is 14.3. The van der Waals surface area contributed by atoms with Crippen molar-refractivity contribution in [2.45, 2.75) is 19.6 Å². The molecule has 0 radical (unpaired) electrons. The average Bonchev–Trinajstić information content (AvgIpc) is 1.82. The van der Waals surface area contributed by atoms with Crippen molar-refractivity contribution >= 4 is 12.8 Å². The summed E-state index contributed by atoms with van der Waals surface area (Å²) in [7, 11) is 0. The highest BCUT2D eigenvalue weighted by Gasteiger charge is 2.17. The molecule has 0 rings (SSSR count). The molecule has 0 aliphatic carbocycles. The number of thiol groups is 1. The fraction of sp³-hybridized carbons (Fsp3) is 1.00. The SMILES string of the molecule is CCOC(NS)C(F)F. The van der Waals surface area contributed by atoms with Gasteiger partial charge < -0.3 is 4.74 Å². The van der Waals surface area contributed by atoms with Crippen molar-refractivity contribution in [1.29, 1.82) is 0 Å². The molecule has 0 spiro atoms. The molecule has 1 N–H and O–H groups in total. The van der Waals surface area contributed by atoms with Crippen LogP contribution in [0.15, 0.2) is 0 Å². The Bertz CT molecular complexity index is 73.6. The van der Waals surface area contributed by atoms with Crippen LogP contribution in [0, 0.1) is 0 Å². The van der Waals surface area contributed by atoms with E-state index < -0.39 is 12.7 Å². The van der Waals surface area contributed by atoms with Gasteiger partial charge in [-0.3, -0.25) is 0 Å². The van der Waals surface area contributed by atoms with E-state index in [0.717, 1.165) is 0 Å². The summed E-state index contributed by atoms with van der Waals surface area (Å²) in [6.45, 7) is 1.89. The third-order valence-electron chi connectivity index (χ3n) is 0.702. The summed E-state index contributed by atoms with van der Waals surface area (Å²) >= 11 is 3.43. The Balaban J connectivity index is 3.41. The van der Waals surface area contributed by atoms with E-state index in [1.54, 1.807) is 6.92 Å². The van der Waals surface area contributed by atoms with Crippen molar-refractivity contribution in [1.82, 2.24) is 4.72 Å². The van der Waals surface area contributed by atoms with Gasteiger partial charge in [0.15, 0.2) is 6.23 Å². The molecule has 0 bridgehead atoms. The smallest absolute Gasteiger partial charge is 0.278 e.